The Morgan fingerprint density at radius 2 is 1.95 bits per heavy atom. The van der Waals surface area contributed by atoms with E-state index in [0.717, 1.165) is 37.8 Å². The predicted octanol–water partition coefficient (Wildman–Crippen LogP) is 2.94. The number of benzene rings is 1. The molecule has 0 saturated heterocycles. The minimum absolute atomic E-state index is 0.0646. The Morgan fingerprint density at radius 1 is 1.33 bits per heavy atom. The SMILES string of the molecule is CC1(C)CCC(NS(=O)(=O)c2ccc(F)c(C#N)c2)CC1. The molecule has 1 aliphatic rings. The maximum absolute atomic E-state index is 13.3. The summed E-state index contributed by atoms with van der Waals surface area (Å²) in [6.07, 6.45) is 3.51. The summed E-state index contributed by atoms with van der Waals surface area (Å²) in [5, 5.41) is 8.78. The van der Waals surface area contributed by atoms with E-state index in [9.17, 15) is 12.8 Å². The Kier molecular flexibility index (Phi) is 4.35. The molecule has 0 radical (unpaired) electrons. The van der Waals surface area contributed by atoms with Crippen molar-refractivity contribution in [2.75, 3.05) is 0 Å². The molecule has 0 amide bonds. The molecule has 1 aromatic carbocycles. The van der Waals surface area contributed by atoms with Gasteiger partial charge in [-0.2, -0.15) is 5.26 Å². The largest absolute Gasteiger partial charge is 0.240 e. The van der Waals surface area contributed by atoms with Crippen LogP contribution in [0.15, 0.2) is 23.1 Å². The zero-order valence-electron chi connectivity index (χ0n) is 12.2. The molecule has 1 saturated carbocycles. The van der Waals surface area contributed by atoms with Crippen LogP contribution in [0.5, 0.6) is 0 Å². The van der Waals surface area contributed by atoms with Crippen LogP contribution in [-0.4, -0.2) is 14.5 Å². The molecular weight excluding hydrogens is 291 g/mol. The molecule has 1 N–H and O–H groups in total. The Balaban J connectivity index is 2.14. The van der Waals surface area contributed by atoms with Crippen molar-refractivity contribution in [3.05, 3.63) is 29.6 Å². The van der Waals surface area contributed by atoms with E-state index in [1.165, 1.54) is 6.07 Å². The first-order chi connectivity index (χ1) is 9.73. The average Bonchev–Trinajstić information content (AvgIpc) is 2.41. The van der Waals surface area contributed by atoms with E-state index in [1.54, 1.807) is 6.07 Å². The summed E-state index contributed by atoms with van der Waals surface area (Å²) in [5.74, 6) is -0.712. The molecule has 6 heteroatoms. The molecule has 0 spiro atoms. The van der Waals surface area contributed by atoms with Gasteiger partial charge in [-0.25, -0.2) is 17.5 Å². The minimum Gasteiger partial charge on any atom is -0.208 e. The molecule has 114 valence electrons. The molecule has 0 aromatic heterocycles. The second-order valence-electron chi connectivity index (χ2n) is 6.31. The van der Waals surface area contributed by atoms with Gasteiger partial charge in [0.1, 0.15) is 11.9 Å². The van der Waals surface area contributed by atoms with Crippen molar-refractivity contribution in [3.8, 4) is 6.07 Å². The van der Waals surface area contributed by atoms with E-state index in [-0.39, 0.29) is 21.9 Å². The Hall–Kier alpha value is -1.45. The number of nitrogens with one attached hydrogen (secondary N) is 1. The summed E-state index contributed by atoms with van der Waals surface area (Å²) >= 11 is 0. The fourth-order valence-corrected chi connectivity index (χ4v) is 3.89. The van der Waals surface area contributed by atoms with Gasteiger partial charge in [0.25, 0.3) is 0 Å². The molecule has 1 fully saturated rings. The van der Waals surface area contributed by atoms with Gasteiger partial charge in [-0.15, -0.1) is 0 Å². The highest BCUT2D eigenvalue weighted by Crippen LogP contribution is 2.35. The van der Waals surface area contributed by atoms with Crippen molar-refractivity contribution in [3.63, 3.8) is 0 Å². The number of sulfonamides is 1. The highest BCUT2D eigenvalue weighted by molar-refractivity contribution is 7.89. The van der Waals surface area contributed by atoms with E-state index in [1.807, 2.05) is 0 Å². The van der Waals surface area contributed by atoms with Crippen LogP contribution in [0.4, 0.5) is 4.39 Å². The lowest BCUT2D eigenvalue weighted by molar-refractivity contribution is 0.218. The van der Waals surface area contributed by atoms with Crippen LogP contribution in [-0.2, 0) is 10.0 Å². The monoisotopic (exact) mass is 310 g/mol. The first-order valence-electron chi connectivity index (χ1n) is 6.95. The summed E-state index contributed by atoms with van der Waals surface area (Å²) < 4.78 is 40.5. The highest BCUT2D eigenvalue weighted by Gasteiger charge is 2.29. The molecule has 1 aromatic rings. The molecule has 2 rings (SSSR count). The van der Waals surface area contributed by atoms with Crippen LogP contribution in [0.1, 0.15) is 45.1 Å². The maximum atomic E-state index is 13.3. The quantitative estimate of drug-likeness (QED) is 0.933. The smallest absolute Gasteiger partial charge is 0.208 e. The summed E-state index contributed by atoms with van der Waals surface area (Å²) in [7, 11) is -3.71. The second-order valence-corrected chi connectivity index (χ2v) is 8.03. The zero-order valence-corrected chi connectivity index (χ0v) is 13.0. The van der Waals surface area contributed by atoms with Gasteiger partial charge in [0.2, 0.25) is 10.0 Å². The lowest BCUT2D eigenvalue weighted by Gasteiger charge is -2.34. The minimum atomic E-state index is -3.71. The van der Waals surface area contributed by atoms with Crippen LogP contribution in [0.2, 0.25) is 0 Å². The normalized spacial score (nSPS) is 19.1. The standard InChI is InChI=1S/C15H19FN2O2S/c1-15(2)7-5-12(6-8-15)18-21(19,20)13-3-4-14(16)11(9-13)10-17/h3-4,9,12,18H,5-8H2,1-2H3. The average molecular weight is 310 g/mol. The van der Waals surface area contributed by atoms with E-state index in [2.05, 4.69) is 18.6 Å². The fourth-order valence-electron chi connectivity index (χ4n) is 2.56. The Labute approximate surface area is 125 Å². The van der Waals surface area contributed by atoms with Gasteiger partial charge < -0.3 is 0 Å². The second kappa shape index (κ2) is 5.74. The third-order valence-electron chi connectivity index (χ3n) is 4.03. The molecule has 0 heterocycles. The highest BCUT2D eigenvalue weighted by atomic mass is 32.2. The molecule has 0 atom stereocenters. The van der Waals surface area contributed by atoms with Crippen molar-refractivity contribution in [1.82, 2.24) is 4.72 Å². The summed E-state index contributed by atoms with van der Waals surface area (Å²) in [6.45, 7) is 4.35. The van der Waals surface area contributed by atoms with Gasteiger partial charge in [-0.05, 0) is 49.3 Å². The summed E-state index contributed by atoms with van der Waals surface area (Å²) in [4.78, 5) is -0.0646. The maximum Gasteiger partial charge on any atom is 0.240 e. The first-order valence-corrected chi connectivity index (χ1v) is 8.44. The van der Waals surface area contributed by atoms with Gasteiger partial charge in [-0.3, -0.25) is 0 Å². The number of nitriles is 1. The van der Waals surface area contributed by atoms with Crippen LogP contribution >= 0.6 is 0 Å². The lowest BCUT2D eigenvalue weighted by atomic mass is 9.76. The molecule has 0 bridgehead atoms. The number of halogens is 1. The Morgan fingerprint density at radius 3 is 2.52 bits per heavy atom. The van der Waals surface area contributed by atoms with Crippen LogP contribution in [0.3, 0.4) is 0 Å². The molecule has 0 aliphatic heterocycles. The van der Waals surface area contributed by atoms with Gasteiger partial charge in [0.05, 0.1) is 10.5 Å². The van der Waals surface area contributed by atoms with Crippen molar-refractivity contribution < 1.29 is 12.8 Å². The van der Waals surface area contributed by atoms with Crippen LogP contribution < -0.4 is 4.72 Å². The van der Waals surface area contributed by atoms with Gasteiger partial charge in [0, 0.05) is 6.04 Å². The number of nitrogens with zero attached hydrogens (tertiary/aromatic N) is 1. The number of hydrogen-bond acceptors (Lipinski definition) is 3. The third-order valence-corrected chi connectivity index (χ3v) is 5.55. The number of rotatable bonds is 3. The lowest BCUT2D eigenvalue weighted by Crippen LogP contribution is -2.39. The molecule has 21 heavy (non-hydrogen) atoms. The fraction of sp³-hybridized carbons (Fsp3) is 0.533. The topological polar surface area (TPSA) is 70.0 Å². The first kappa shape index (κ1) is 15.9. The van der Waals surface area contributed by atoms with Crippen LogP contribution in [0, 0.1) is 22.6 Å². The Bertz CT molecular complexity index is 667. The van der Waals surface area contributed by atoms with Gasteiger partial charge >= 0.3 is 0 Å². The van der Waals surface area contributed by atoms with Gasteiger partial charge in [0.15, 0.2) is 0 Å². The predicted molar refractivity (Wildman–Crippen MR) is 77.5 cm³/mol. The molecule has 4 nitrogen and oxygen atoms in total. The van der Waals surface area contributed by atoms with Crippen molar-refractivity contribution in [1.29, 1.82) is 5.26 Å². The molecule has 1 aliphatic carbocycles. The summed E-state index contributed by atoms with van der Waals surface area (Å²) in [6, 6.07) is 4.83. The molecule has 0 unspecified atom stereocenters. The van der Waals surface area contributed by atoms with E-state index in [4.69, 9.17) is 5.26 Å². The van der Waals surface area contributed by atoms with E-state index in [0.29, 0.717) is 0 Å². The van der Waals surface area contributed by atoms with Crippen LogP contribution in [0.25, 0.3) is 0 Å². The van der Waals surface area contributed by atoms with E-state index < -0.39 is 15.8 Å². The van der Waals surface area contributed by atoms with Crippen molar-refractivity contribution >= 4 is 10.0 Å². The third kappa shape index (κ3) is 3.80. The number of hydrogen-bond donors (Lipinski definition) is 1. The summed E-state index contributed by atoms with van der Waals surface area (Å²) in [5.41, 5.74) is -0.00568. The van der Waals surface area contributed by atoms with E-state index >= 15 is 0 Å². The zero-order chi connectivity index (χ0) is 15.7. The molecular formula is C15H19FN2O2S. The van der Waals surface area contributed by atoms with Crippen molar-refractivity contribution in [2.24, 2.45) is 5.41 Å². The van der Waals surface area contributed by atoms with Crippen molar-refractivity contribution in [2.45, 2.75) is 50.5 Å². The van der Waals surface area contributed by atoms with Gasteiger partial charge in [-0.1, -0.05) is 13.8 Å².